The van der Waals surface area contributed by atoms with Gasteiger partial charge in [-0.2, -0.15) is 5.26 Å². The second-order valence-electron chi connectivity index (χ2n) is 4.91. The van der Waals surface area contributed by atoms with E-state index in [1.807, 2.05) is 19.1 Å². The third-order valence-electron chi connectivity index (χ3n) is 3.76. The predicted octanol–water partition coefficient (Wildman–Crippen LogP) is 3.25. The van der Waals surface area contributed by atoms with Crippen LogP contribution >= 0.6 is 0 Å². The molecule has 1 atom stereocenters. The molecule has 0 saturated carbocycles. The topological polar surface area (TPSA) is 36.3 Å². The molecule has 0 aliphatic carbocycles. The van der Waals surface area contributed by atoms with E-state index < -0.39 is 0 Å². The molecule has 0 heterocycles. The summed E-state index contributed by atoms with van der Waals surface area (Å²) in [5.74, 6) is 0.871. The van der Waals surface area contributed by atoms with Gasteiger partial charge < -0.3 is 4.74 Å². The van der Waals surface area contributed by atoms with Crippen molar-refractivity contribution in [3.05, 3.63) is 29.8 Å². The molecule has 0 spiro atoms. The summed E-state index contributed by atoms with van der Waals surface area (Å²) in [7, 11) is 1.67. The van der Waals surface area contributed by atoms with E-state index >= 15 is 0 Å². The van der Waals surface area contributed by atoms with Crippen molar-refractivity contribution in [2.75, 3.05) is 20.2 Å². The minimum absolute atomic E-state index is 0.385. The van der Waals surface area contributed by atoms with Crippen LogP contribution in [0, 0.1) is 11.3 Å². The van der Waals surface area contributed by atoms with E-state index in [-0.39, 0.29) is 5.54 Å². The lowest BCUT2D eigenvalue weighted by atomic mass is 9.92. The number of hydrogen-bond donors (Lipinski definition) is 0. The van der Waals surface area contributed by atoms with Gasteiger partial charge in [-0.05, 0) is 50.6 Å². The Labute approximate surface area is 116 Å². The standard InChI is InChI=1S/C16H24N2O/c1-5-18(6-2)16(3,13-17)12-11-14-7-9-15(19-4)10-8-14/h7-10H,5-6,11-12H2,1-4H3. The van der Waals surface area contributed by atoms with Gasteiger partial charge in [0.15, 0.2) is 0 Å². The van der Waals surface area contributed by atoms with Crippen LogP contribution in [-0.4, -0.2) is 30.6 Å². The Morgan fingerprint density at radius 3 is 2.21 bits per heavy atom. The number of methoxy groups -OCH3 is 1. The predicted molar refractivity (Wildman–Crippen MR) is 78.3 cm³/mol. The highest BCUT2D eigenvalue weighted by Crippen LogP contribution is 2.22. The van der Waals surface area contributed by atoms with Gasteiger partial charge in [0.05, 0.1) is 13.2 Å². The van der Waals surface area contributed by atoms with E-state index in [1.165, 1.54) is 5.56 Å². The van der Waals surface area contributed by atoms with Gasteiger partial charge in [-0.25, -0.2) is 0 Å². The second kappa shape index (κ2) is 7.16. The van der Waals surface area contributed by atoms with Gasteiger partial charge in [-0.1, -0.05) is 26.0 Å². The molecular weight excluding hydrogens is 236 g/mol. The van der Waals surface area contributed by atoms with Gasteiger partial charge in [0, 0.05) is 0 Å². The Morgan fingerprint density at radius 1 is 1.21 bits per heavy atom. The minimum Gasteiger partial charge on any atom is -0.497 e. The van der Waals surface area contributed by atoms with Gasteiger partial charge in [0.25, 0.3) is 0 Å². The Hall–Kier alpha value is -1.53. The zero-order chi connectivity index (χ0) is 14.3. The molecule has 0 bridgehead atoms. The van der Waals surface area contributed by atoms with Crippen LogP contribution in [0.3, 0.4) is 0 Å². The van der Waals surface area contributed by atoms with E-state index in [9.17, 15) is 5.26 Å². The number of nitriles is 1. The lowest BCUT2D eigenvalue weighted by Crippen LogP contribution is -2.45. The molecule has 0 N–H and O–H groups in total. The Bertz CT molecular complexity index is 417. The lowest BCUT2D eigenvalue weighted by Gasteiger charge is -2.34. The summed E-state index contributed by atoms with van der Waals surface area (Å²) in [6, 6.07) is 10.5. The van der Waals surface area contributed by atoms with E-state index in [1.54, 1.807) is 7.11 Å². The van der Waals surface area contributed by atoms with Crippen molar-refractivity contribution in [2.24, 2.45) is 0 Å². The third-order valence-corrected chi connectivity index (χ3v) is 3.76. The molecule has 0 aromatic heterocycles. The molecular formula is C16H24N2O. The number of nitrogens with zero attached hydrogens (tertiary/aromatic N) is 2. The zero-order valence-corrected chi connectivity index (χ0v) is 12.4. The smallest absolute Gasteiger partial charge is 0.118 e. The third kappa shape index (κ3) is 3.97. The van der Waals surface area contributed by atoms with Crippen LogP contribution in [0.1, 0.15) is 32.8 Å². The van der Waals surface area contributed by atoms with Crippen molar-refractivity contribution in [1.82, 2.24) is 4.90 Å². The maximum Gasteiger partial charge on any atom is 0.118 e. The number of rotatable bonds is 7. The monoisotopic (exact) mass is 260 g/mol. The van der Waals surface area contributed by atoms with E-state index in [2.05, 4.69) is 36.9 Å². The molecule has 0 radical (unpaired) electrons. The lowest BCUT2D eigenvalue weighted by molar-refractivity contribution is 0.160. The van der Waals surface area contributed by atoms with Gasteiger partial charge in [-0.15, -0.1) is 0 Å². The molecule has 3 heteroatoms. The number of hydrogen-bond acceptors (Lipinski definition) is 3. The normalized spacial score (nSPS) is 13.9. The van der Waals surface area contributed by atoms with E-state index in [0.717, 1.165) is 31.7 Å². The average Bonchev–Trinajstić information content (AvgIpc) is 2.47. The quantitative estimate of drug-likeness (QED) is 0.755. The van der Waals surface area contributed by atoms with Gasteiger partial charge in [0.1, 0.15) is 11.3 Å². The minimum atomic E-state index is -0.385. The molecule has 1 unspecified atom stereocenters. The molecule has 0 amide bonds. The van der Waals surface area contributed by atoms with Crippen LogP contribution in [0.5, 0.6) is 5.75 Å². The fourth-order valence-electron chi connectivity index (χ4n) is 2.39. The highest BCUT2D eigenvalue weighted by Gasteiger charge is 2.29. The SMILES string of the molecule is CCN(CC)C(C)(C#N)CCc1ccc(OC)cc1. The van der Waals surface area contributed by atoms with Gasteiger partial charge >= 0.3 is 0 Å². The first-order chi connectivity index (χ1) is 9.09. The first-order valence-corrected chi connectivity index (χ1v) is 6.88. The van der Waals surface area contributed by atoms with E-state index in [0.29, 0.717) is 0 Å². The molecule has 19 heavy (non-hydrogen) atoms. The first-order valence-electron chi connectivity index (χ1n) is 6.88. The Morgan fingerprint density at radius 2 is 1.79 bits per heavy atom. The van der Waals surface area contributed by atoms with Crippen LogP contribution in [-0.2, 0) is 6.42 Å². The summed E-state index contributed by atoms with van der Waals surface area (Å²) in [6.07, 6.45) is 1.75. The average molecular weight is 260 g/mol. The van der Waals surface area contributed by atoms with Crippen LogP contribution in [0.15, 0.2) is 24.3 Å². The molecule has 1 aromatic rings. The zero-order valence-electron chi connectivity index (χ0n) is 12.4. The molecule has 0 aliphatic rings. The largest absolute Gasteiger partial charge is 0.497 e. The van der Waals surface area contributed by atoms with Crippen LogP contribution in [0.25, 0.3) is 0 Å². The van der Waals surface area contributed by atoms with Crippen molar-refractivity contribution in [3.8, 4) is 11.8 Å². The highest BCUT2D eigenvalue weighted by molar-refractivity contribution is 5.27. The van der Waals surface area contributed by atoms with Crippen molar-refractivity contribution >= 4 is 0 Å². The summed E-state index contributed by atoms with van der Waals surface area (Å²) in [5, 5.41) is 9.47. The summed E-state index contributed by atoms with van der Waals surface area (Å²) in [4.78, 5) is 2.22. The highest BCUT2D eigenvalue weighted by atomic mass is 16.5. The van der Waals surface area contributed by atoms with Crippen LogP contribution in [0.2, 0.25) is 0 Å². The van der Waals surface area contributed by atoms with Crippen LogP contribution in [0.4, 0.5) is 0 Å². The van der Waals surface area contributed by atoms with Crippen molar-refractivity contribution in [1.29, 1.82) is 5.26 Å². The molecule has 0 fully saturated rings. The van der Waals surface area contributed by atoms with Gasteiger partial charge in [0.2, 0.25) is 0 Å². The van der Waals surface area contributed by atoms with Gasteiger partial charge in [-0.3, -0.25) is 4.90 Å². The molecule has 1 aromatic carbocycles. The molecule has 3 nitrogen and oxygen atoms in total. The number of benzene rings is 1. The molecule has 0 saturated heterocycles. The van der Waals surface area contributed by atoms with E-state index in [4.69, 9.17) is 4.74 Å². The number of aryl methyl sites for hydroxylation is 1. The summed E-state index contributed by atoms with van der Waals surface area (Å²) >= 11 is 0. The Kier molecular flexibility index (Phi) is 5.85. The van der Waals surface area contributed by atoms with Crippen molar-refractivity contribution < 1.29 is 4.74 Å². The Balaban J connectivity index is 2.69. The molecule has 104 valence electrons. The van der Waals surface area contributed by atoms with Crippen molar-refractivity contribution in [2.45, 2.75) is 39.2 Å². The summed E-state index contributed by atoms with van der Waals surface area (Å²) in [5.41, 5.74) is 0.859. The first kappa shape index (κ1) is 15.5. The molecule has 0 aliphatic heterocycles. The maximum absolute atomic E-state index is 9.47. The summed E-state index contributed by atoms with van der Waals surface area (Å²) < 4.78 is 5.15. The molecule has 1 rings (SSSR count). The second-order valence-corrected chi connectivity index (χ2v) is 4.91. The van der Waals surface area contributed by atoms with Crippen LogP contribution < -0.4 is 4.74 Å². The maximum atomic E-state index is 9.47. The summed E-state index contributed by atoms with van der Waals surface area (Å²) in [6.45, 7) is 8.05. The van der Waals surface area contributed by atoms with Crippen molar-refractivity contribution in [3.63, 3.8) is 0 Å². The fraction of sp³-hybridized carbons (Fsp3) is 0.562. The fourth-order valence-corrected chi connectivity index (χ4v) is 2.39. The number of ether oxygens (including phenoxy) is 1.